The van der Waals surface area contributed by atoms with Crippen molar-refractivity contribution in [2.45, 2.75) is 23.5 Å². The molecule has 4 N–H and O–H groups in total. The highest BCUT2D eigenvalue weighted by molar-refractivity contribution is 8.00. The van der Waals surface area contributed by atoms with E-state index >= 15 is 0 Å². The molecule has 1 atom stereocenters. The molecule has 4 aromatic rings. The lowest BCUT2D eigenvalue weighted by Gasteiger charge is -2.17. The summed E-state index contributed by atoms with van der Waals surface area (Å²) in [7, 11) is 3.86. The van der Waals surface area contributed by atoms with E-state index in [1.807, 2.05) is 56.3 Å². The van der Waals surface area contributed by atoms with E-state index in [9.17, 15) is 24.3 Å². The minimum atomic E-state index is -1.13. The third kappa shape index (κ3) is 9.23. The summed E-state index contributed by atoms with van der Waals surface area (Å²) in [4.78, 5) is 53.7. The van der Waals surface area contributed by atoms with E-state index in [0.29, 0.717) is 22.6 Å². The number of halogens is 1. The molecule has 0 aromatic heterocycles. The zero-order valence-electron chi connectivity index (χ0n) is 25.4. The van der Waals surface area contributed by atoms with Crippen LogP contribution in [0.2, 0.25) is 5.02 Å². The van der Waals surface area contributed by atoms with Gasteiger partial charge >= 0.3 is 5.97 Å². The first-order chi connectivity index (χ1) is 22.0. The van der Waals surface area contributed by atoms with Crippen LogP contribution < -0.4 is 20.9 Å². The quantitative estimate of drug-likeness (QED) is 0.0953. The molecule has 0 bridgehead atoms. The van der Waals surface area contributed by atoms with Crippen molar-refractivity contribution in [1.82, 2.24) is 5.32 Å². The van der Waals surface area contributed by atoms with E-state index in [1.54, 1.807) is 54.6 Å². The molecule has 3 amide bonds. The van der Waals surface area contributed by atoms with Gasteiger partial charge in [-0.3, -0.25) is 14.4 Å². The molecule has 0 spiro atoms. The highest BCUT2D eigenvalue weighted by Crippen LogP contribution is 2.30. The molecule has 1 unspecified atom stereocenters. The Kier molecular flexibility index (Phi) is 11.6. The van der Waals surface area contributed by atoms with Gasteiger partial charge in [0.05, 0.1) is 21.5 Å². The molecule has 4 aromatic carbocycles. The predicted molar refractivity (Wildman–Crippen MR) is 185 cm³/mol. The normalized spacial score (nSPS) is 11.7. The standard InChI is InChI=1S/C35H33ClN4O5S/c1-4-31(34(43)38-29-20-24(35(44)45)15-18-28(29)36)46-27-12-8-11-25(21-27)37-33(42)30(39-32(41)23-9-6-5-7-10-23)19-22-13-16-26(17-14-22)40(2)3/h5-21,31H,4H2,1-3H3,(H,37,42)(H,38,43)(H,39,41)(H,44,45)/b30-19+. The van der Waals surface area contributed by atoms with Crippen molar-refractivity contribution in [1.29, 1.82) is 0 Å². The summed E-state index contributed by atoms with van der Waals surface area (Å²) in [5.41, 5.74) is 2.84. The van der Waals surface area contributed by atoms with Gasteiger partial charge in [0.25, 0.3) is 11.8 Å². The number of thioether (sulfide) groups is 1. The summed E-state index contributed by atoms with van der Waals surface area (Å²) >= 11 is 7.48. The van der Waals surface area contributed by atoms with Gasteiger partial charge in [-0.25, -0.2) is 4.79 Å². The van der Waals surface area contributed by atoms with E-state index in [2.05, 4.69) is 16.0 Å². The molecular formula is C35H33ClN4O5S. The Morgan fingerprint density at radius 3 is 2.24 bits per heavy atom. The third-order valence-electron chi connectivity index (χ3n) is 6.75. The highest BCUT2D eigenvalue weighted by Gasteiger charge is 2.21. The van der Waals surface area contributed by atoms with Crippen LogP contribution in [0, 0.1) is 0 Å². The Hall–Kier alpha value is -5.06. The van der Waals surface area contributed by atoms with E-state index in [1.165, 1.54) is 30.0 Å². The number of carboxylic acid groups (broad SMARTS) is 1. The molecule has 0 saturated heterocycles. The first kappa shape index (κ1) is 33.8. The van der Waals surface area contributed by atoms with Gasteiger partial charge in [0.15, 0.2) is 0 Å². The summed E-state index contributed by atoms with van der Waals surface area (Å²) in [5.74, 6) is -2.43. The van der Waals surface area contributed by atoms with Crippen LogP contribution in [0.15, 0.2) is 108 Å². The van der Waals surface area contributed by atoms with Crippen LogP contribution in [-0.2, 0) is 9.59 Å². The second-order valence-electron chi connectivity index (χ2n) is 10.3. The number of carbonyl (C=O) groups is 4. The van der Waals surface area contributed by atoms with Crippen molar-refractivity contribution < 1.29 is 24.3 Å². The lowest BCUT2D eigenvalue weighted by atomic mass is 10.1. The fourth-order valence-electron chi connectivity index (χ4n) is 4.28. The smallest absolute Gasteiger partial charge is 0.335 e. The maximum Gasteiger partial charge on any atom is 0.335 e. The lowest BCUT2D eigenvalue weighted by Crippen LogP contribution is -2.30. The van der Waals surface area contributed by atoms with Gasteiger partial charge in [0.2, 0.25) is 5.91 Å². The van der Waals surface area contributed by atoms with Crippen LogP contribution >= 0.6 is 23.4 Å². The van der Waals surface area contributed by atoms with Gasteiger partial charge in [-0.1, -0.05) is 54.9 Å². The Morgan fingerprint density at radius 2 is 1.59 bits per heavy atom. The molecule has 0 aliphatic carbocycles. The predicted octanol–water partition coefficient (Wildman–Crippen LogP) is 7.02. The Morgan fingerprint density at radius 1 is 0.870 bits per heavy atom. The zero-order valence-corrected chi connectivity index (χ0v) is 27.0. The second kappa shape index (κ2) is 15.8. The number of carbonyl (C=O) groups excluding carboxylic acids is 3. The van der Waals surface area contributed by atoms with Crippen LogP contribution in [0.3, 0.4) is 0 Å². The van der Waals surface area contributed by atoms with E-state index in [-0.39, 0.29) is 27.9 Å². The third-order valence-corrected chi connectivity index (χ3v) is 8.44. The van der Waals surface area contributed by atoms with Crippen molar-refractivity contribution in [3.63, 3.8) is 0 Å². The fourth-order valence-corrected chi connectivity index (χ4v) is 5.46. The Labute approximate surface area is 276 Å². The van der Waals surface area contributed by atoms with Crippen molar-refractivity contribution in [2.75, 3.05) is 29.6 Å². The van der Waals surface area contributed by atoms with Crippen LogP contribution in [0.4, 0.5) is 17.1 Å². The van der Waals surface area contributed by atoms with Gasteiger partial charge in [-0.2, -0.15) is 0 Å². The lowest BCUT2D eigenvalue weighted by molar-refractivity contribution is -0.116. The minimum Gasteiger partial charge on any atom is -0.478 e. The summed E-state index contributed by atoms with van der Waals surface area (Å²) < 4.78 is 0. The number of nitrogens with zero attached hydrogens (tertiary/aromatic N) is 1. The number of hydrogen-bond donors (Lipinski definition) is 4. The molecule has 0 radical (unpaired) electrons. The fraction of sp³-hybridized carbons (Fsp3) is 0.143. The molecule has 0 heterocycles. The topological polar surface area (TPSA) is 128 Å². The van der Waals surface area contributed by atoms with Crippen LogP contribution in [0.25, 0.3) is 6.08 Å². The number of carboxylic acids is 1. The average Bonchev–Trinajstić information content (AvgIpc) is 3.04. The number of aromatic carboxylic acids is 1. The molecule has 0 fully saturated rings. The first-order valence-corrected chi connectivity index (χ1v) is 15.6. The molecular weight excluding hydrogens is 624 g/mol. The molecule has 0 aliphatic rings. The second-order valence-corrected chi connectivity index (χ2v) is 12.0. The SMILES string of the molecule is CCC(Sc1cccc(NC(=O)/C(=C\c2ccc(N(C)C)cc2)NC(=O)c2ccccc2)c1)C(=O)Nc1cc(C(=O)O)ccc1Cl. The number of hydrogen-bond acceptors (Lipinski definition) is 6. The number of nitrogens with one attached hydrogen (secondary N) is 3. The zero-order chi connectivity index (χ0) is 33.2. The number of anilines is 3. The van der Waals surface area contributed by atoms with Crippen molar-refractivity contribution in [2.24, 2.45) is 0 Å². The summed E-state index contributed by atoms with van der Waals surface area (Å²) in [6.45, 7) is 1.86. The molecule has 46 heavy (non-hydrogen) atoms. The van der Waals surface area contributed by atoms with Gasteiger partial charge < -0.3 is 26.0 Å². The Balaban J connectivity index is 1.51. The Bertz CT molecular complexity index is 1760. The number of rotatable bonds is 12. The highest BCUT2D eigenvalue weighted by atomic mass is 35.5. The molecule has 0 aliphatic heterocycles. The largest absolute Gasteiger partial charge is 0.478 e. The van der Waals surface area contributed by atoms with Crippen LogP contribution in [0.1, 0.15) is 39.6 Å². The summed E-state index contributed by atoms with van der Waals surface area (Å²) in [5, 5.41) is 17.3. The van der Waals surface area contributed by atoms with Crippen molar-refractivity contribution in [3.8, 4) is 0 Å². The number of amides is 3. The van der Waals surface area contributed by atoms with Gasteiger partial charge in [0, 0.05) is 35.9 Å². The average molecular weight is 657 g/mol. The molecule has 11 heteroatoms. The van der Waals surface area contributed by atoms with Gasteiger partial charge in [-0.05, 0) is 78.7 Å². The van der Waals surface area contributed by atoms with Gasteiger partial charge in [-0.15, -0.1) is 11.8 Å². The number of benzene rings is 4. The van der Waals surface area contributed by atoms with Gasteiger partial charge in [0.1, 0.15) is 5.70 Å². The maximum atomic E-state index is 13.5. The molecule has 236 valence electrons. The molecule has 0 saturated carbocycles. The summed E-state index contributed by atoms with van der Waals surface area (Å²) in [6, 6.07) is 27.3. The first-order valence-electron chi connectivity index (χ1n) is 14.3. The van der Waals surface area contributed by atoms with Crippen molar-refractivity contribution in [3.05, 3.63) is 124 Å². The monoisotopic (exact) mass is 656 g/mol. The van der Waals surface area contributed by atoms with Crippen LogP contribution in [-0.4, -0.2) is 48.1 Å². The summed E-state index contributed by atoms with van der Waals surface area (Å²) in [6.07, 6.45) is 2.07. The minimum absolute atomic E-state index is 0.00259. The maximum absolute atomic E-state index is 13.5. The van der Waals surface area contributed by atoms with Crippen molar-refractivity contribution >= 4 is 70.2 Å². The van der Waals surface area contributed by atoms with E-state index < -0.39 is 23.0 Å². The van der Waals surface area contributed by atoms with Crippen LogP contribution in [0.5, 0.6) is 0 Å². The molecule has 4 rings (SSSR count). The molecule has 9 nitrogen and oxygen atoms in total. The van der Waals surface area contributed by atoms with E-state index in [0.717, 1.165) is 11.3 Å². The van der Waals surface area contributed by atoms with E-state index in [4.69, 9.17) is 11.6 Å².